The van der Waals surface area contributed by atoms with Crippen LogP contribution in [0.25, 0.3) is 0 Å². The number of benzene rings is 2. The maximum Gasteiger partial charge on any atom is 0.277 e. The summed E-state index contributed by atoms with van der Waals surface area (Å²) >= 11 is 0. The zero-order valence-corrected chi connectivity index (χ0v) is 17.3. The van der Waals surface area contributed by atoms with Crippen molar-refractivity contribution < 1.29 is 23.6 Å². The Bertz CT molecular complexity index is 838. The Morgan fingerprint density at radius 3 is 2.38 bits per heavy atom. The highest BCUT2D eigenvalue weighted by Gasteiger charge is 2.24. The van der Waals surface area contributed by atoms with Gasteiger partial charge in [0.2, 0.25) is 0 Å². The molecule has 0 aliphatic carbocycles. The second-order valence-electron chi connectivity index (χ2n) is 7.32. The van der Waals surface area contributed by atoms with Crippen LogP contribution in [0.2, 0.25) is 0 Å². The van der Waals surface area contributed by atoms with Crippen LogP contribution >= 0.6 is 0 Å². The van der Waals surface area contributed by atoms with Gasteiger partial charge in [-0.15, -0.1) is 0 Å². The summed E-state index contributed by atoms with van der Waals surface area (Å²) in [5.41, 5.74) is 1.90. The normalized spacial score (nSPS) is 15.2. The fourth-order valence-corrected chi connectivity index (χ4v) is 3.69. The molecule has 7 heteroatoms. The molecule has 0 bridgehead atoms. The van der Waals surface area contributed by atoms with Crippen LogP contribution in [0.15, 0.2) is 42.5 Å². The Hall–Kier alpha value is -2.80. The van der Waals surface area contributed by atoms with E-state index in [0.717, 1.165) is 35.0 Å². The Morgan fingerprint density at radius 1 is 1.03 bits per heavy atom. The first-order valence-electron chi connectivity index (χ1n) is 9.81. The van der Waals surface area contributed by atoms with Crippen LogP contribution in [0.3, 0.4) is 0 Å². The summed E-state index contributed by atoms with van der Waals surface area (Å²) in [5.74, 6) is 0.825. The fourth-order valence-electron chi connectivity index (χ4n) is 3.69. The minimum absolute atomic E-state index is 0.121. The average molecular weight is 402 g/mol. The first-order valence-corrected chi connectivity index (χ1v) is 9.81. The van der Waals surface area contributed by atoms with Gasteiger partial charge in [0, 0.05) is 31.7 Å². The van der Waals surface area contributed by atoms with Crippen molar-refractivity contribution in [3.05, 3.63) is 53.8 Å². The third-order valence-corrected chi connectivity index (χ3v) is 5.23. The lowest BCUT2D eigenvalue weighted by Gasteiger charge is -2.36. The minimum atomic E-state index is -0.378. The lowest BCUT2D eigenvalue weighted by molar-refractivity contribution is -0.885. The predicted molar refractivity (Wildman–Crippen MR) is 110 cm³/mol. The molecular formula is C22H29FN3O3+. The molecule has 1 saturated heterocycles. The number of anilines is 1. The molecule has 156 valence electrons. The molecule has 2 aromatic rings. The van der Waals surface area contributed by atoms with Crippen LogP contribution < -0.4 is 19.3 Å². The third kappa shape index (κ3) is 5.17. The van der Waals surface area contributed by atoms with Crippen molar-refractivity contribution in [1.82, 2.24) is 4.90 Å². The van der Waals surface area contributed by atoms with E-state index in [1.54, 1.807) is 13.2 Å². The number of para-hydroxylation sites is 2. The van der Waals surface area contributed by atoms with Gasteiger partial charge in [-0.05, 0) is 30.3 Å². The summed E-state index contributed by atoms with van der Waals surface area (Å²) in [4.78, 5) is 17.9. The Morgan fingerprint density at radius 2 is 1.72 bits per heavy atom. The van der Waals surface area contributed by atoms with E-state index in [4.69, 9.17) is 9.47 Å². The first kappa shape index (κ1) is 20.9. The van der Waals surface area contributed by atoms with E-state index in [0.29, 0.717) is 26.2 Å². The smallest absolute Gasteiger partial charge is 0.277 e. The third-order valence-electron chi connectivity index (χ3n) is 5.23. The topological polar surface area (TPSA) is 46.5 Å². The largest absolute Gasteiger partial charge is 0.495 e. The number of halogens is 1. The van der Waals surface area contributed by atoms with Gasteiger partial charge in [0.1, 0.15) is 12.3 Å². The molecule has 0 aromatic heterocycles. The van der Waals surface area contributed by atoms with Gasteiger partial charge < -0.3 is 24.2 Å². The summed E-state index contributed by atoms with van der Waals surface area (Å²) in [5, 5.41) is 0. The van der Waals surface area contributed by atoms with E-state index in [9.17, 15) is 9.18 Å². The predicted octanol–water partition coefficient (Wildman–Crippen LogP) is 1.21. The monoisotopic (exact) mass is 402 g/mol. The van der Waals surface area contributed by atoms with Crippen molar-refractivity contribution in [1.29, 1.82) is 0 Å². The number of nitrogens with zero attached hydrogens (tertiary/aromatic N) is 2. The van der Waals surface area contributed by atoms with Crippen molar-refractivity contribution in [2.45, 2.75) is 6.54 Å². The zero-order valence-electron chi connectivity index (χ0n) is 17.3. The Labute approximate surface area is 171 Å². The molecule has 2 aromatic carbocycles. The van der Waals surface area contributed by atoms with Crippen molar-refractivity contribution in [2.24, 2.45) is 0 Å². The average Bonchev–Trinajstić information content (AvgIpc) is 2.74. The highest BCUT2D eigenvalue weighted by atomic mass is 19.1. The molecule has 1 fully saturated rings. The summed E-state index contributed by atoms with van der Waals surface area (Å²) in [6, 6.07) is 12.9. The summed E-state index contributed by atoms with van der Waals surface area (Å²) in [7, 11) is 5.07. The number of hydrogen-bond acceptors (Lipinski definition) is 4. The first-order chi connectivity index (χ1) is 14.0. The molecule has 29 heavy (non-hydrogen) atoms. The summed E-state index contributed by atoms with van der Waals surface area (Å²) in [6.45, 7) is 3.86. The van der Waals surface area contributed by atoms with E-state index in [1.165, 1.54) is 13.2 Å². The van der Waals surface area contributed by atoms with E-state index in [1.807, 2.05) is 42.3 Å². The van der Waals surface area contributed by atoms with Gasteiger partial charge in [-0.2, -0.15) is 0 Å². The van der Waals surface area contributed by atoms with Gasteiger partial charge in [-0.1, -0.05) is 12.1 Å². The second-order valence-corrected chi connectivity index (χ2v) is 7.32. The number of rotatable bonds is 7. The van der Waals surface area contributed by atoms with Gasteiger partial charge in [0.05, 0.1) is 27.0 Å². The van der Waals surface area contributed by atoms with Crippen molar-refractivity contribution in [2.75, 3.05) is 58.9 Å². The lowest BCUT2D eigenvalue weighted by atomic mass is 10.2. The van der Waals surface area contributed by atoms with Crippen LogP contribution in [-0.4, -0.2) is 64.8 Å². The lowest BCUT2D eigenvalue weighted by Crippen LogP contribution is -3.09. The van der Waals surface area contributed by atoms with Crippen LogP contribution in [0.5, 0.6) is 11.5 Å². The maximum atomic E-state index is 13.9. The van der Waals surface area contributed by atoms with Crippen LogP contribution in [0.4, 0.5) is 10.1 Å². The number of methoxy groups -OCH3 is 2. The van der Waals surface area contributed by atoms with Crippen LogP contribution in [0.1, 0.15) is 5.56 Å². The highest BCUT2D eigenvalue weighted by molar-refractivity contribution is 5.77. The number of amides is 1. The molecule has 1 amide bonds. The zero-order chi connectivity index (χ0) is 20.8. The number of carbonyl (C=O) groups is 1. The molecule has 1 atom stereocenters. The molecule has 3 rings (SSSR count). The molecule has 1 aliphatic rings. The molecule has 0 spiro atoms. The van der Waals surface area contributed by atoms with Gasteiger partial charge in [-0.3, -0.25) is 4.79 Å². The van der Waals surface area contributed by atoms with E-state index < -0.39 is 0 Å². The van der Waals surface area contributed by atoms with E-state index in [-0.39, 0.29) is 17.5 Å². The van der Waals surface area contributed by atoms with Gasteiger partial charge in [0.25, 0.3) is 5.91 Å². The molecule has 1 aliphatic heterocycles. The minimum Gasteiger partial charge on any atom is -0.495 e. The Kier molecular flexibility index (Phi) is 6.93. The van der Waals surface area contributed by atoms with Gasteiger partial charge >= 0.3 is 0 Å². The van der Waals surface area contributed by atoms with E-state index in [2.05, 4.69) is 4.90 Å². The molecule has 1 N–H and O–H groups in total. The SMILES string of the molecule is COc1ccc(C[NH+](C)CC(=O)N2CCN(c3ccccc3OC)CC2)cc1F. The molecular weight excluding hydrogens is 373 g/mol. The van der Waals surface area contributed by atoms with Crippen molar-refractivity contribution >= 4 is 11.6 Å². The Balaban J connectivity index is 1.51. The number of carbonyl (C=O) groups excluding carboxylic acids is 1. The number of ether oxygens (including phenoxy) is 2. The van der Waals surface area contributed by atoms with Crippen LogP contribution in [-0.2, 0) is 11.3 Å². The highest BCUT2D eigenvalue weighted by Crippen LogP contribution is 2.28. The van der Waals surface area contributed by atoms with E-state index >= 15 is 0 Å². The number of hydrogen-bond donors (Lipinski definition) is 1. The number of likely N-dealkylation sites (N-methyl/N-ethyl adjacent to an activating group) is 1. The molecule has 1 heterocycles. The second kappa shape index (κ2) is 9.60. The summed E-state index contributed by atoms with van der Waals surface area (Å²) < 4.78 is 24.3. The van der Waals surface area contributed by atoms with Crippen molar-refractivity contribution in [3.8, 4) is 11.5 Å². The standard InChI is InChI=1S/C22H28FN3O3/c1-24(15-17-8-9-20(28-2)18(23)14-17)16-22(27)26-12-10-25(11-13-26)19-6-4-5-7-21(19)29-3/h4-9,14H,10-13,15-16H2,1-3H3/p+1. The molecule has 0 saturated carbocycles. The van der Waals surface area contributed by atoms with Gasteiger partial charge in [-0.25, -0.2) is 4.39 Å². The quantitative estimate of drug-likeness (QED) is 0.756. The number of nitrogens with one attached hydrogen (secondary N) is 1. The van der Waals surface area contributed by atoms with Crippen molar-refractivity contribution in [3.63, 3.8) is 0 Å². The molecule has 1 unspecified atom stereocenters. The maximum absolute atomic E-state index is 13.9. The van der Waals surface area contributed by atoms with Gasteiger partial charge in [0.15, 0.2) is 18.1 Å². The molecule has 0 radical (unpaired) electrons. The number of piperazine rings is 1. The summed E-state index contributed by atoms with van der Waals surface area (Å²) in [6.07, 6.45) is 0. The number of quaternary nitrogens is 1. The molecule has 6 nitrogen and oxygen atoms in total. The van der Waals surface area contributed by atoms with Crippen LogP contribution in [0, 0.1) is 5.82 Å². The fraction of sp³-hybridized carbons (Fsp3) is 0.409.